The first-order valence-corrected chi connectivity index (χ1v) is 12.6. The summed E-state index contributed by atoms with van der Waals surface area (Å²) >= 11 is 0. The van der Waals surface area contributed by atoms with Crippen molar-refractivity contribution in [3.05, 3.63) is 29.7 Å². The predicted octanol–water partition coefficient (Wildman–Crippen LogP) is 2.16. The molecule has 37 heavy (non-hydrogen) atoms. The van der Waals surface area contributed by atoms with Crippen LogP contribution in [0.4, 0.5) is 0 Å². The Hall–Kier alpha value is -3.86. The Balaban J connectivity index is 1.33. The molecule has 4 heterocycles. The van der Waals surface area contributed by atoms with Gasteiger partial charge in [-0.2, -0.15) is 0 Å². The van der Waals surface area contributed by atoms with Crippen molar-refractivity contribution in [2.24, 2.45) is 5.92 Å². The quantitative estimate of drug-likeness (QED) is 0.442. The van der Waals surface area contributed by atoms with Crippen molar-refractivity contribution in [2.45, 2.75) is 45.3 Å². The monoisotopic (exact) mass is 507 g/mol. The lowest BCUT2D eigenvalue weighted by atomic mass is 10.1. The van der Waals surface area contributed by atoms with Crippen LogP contribution in [-0.4, -0.2) is 75.4 Å². The van der Waals surface area contributed by atoms with Gasteiger partial charge >= 0.3 is 0 Å². The number of nitrogens with one attached hydrogen (secondary N) is 2. The molecule has 2 aromatic heterocycles. The number of fused-ring (bicyclic) bond motifs is 2. The minimum Gasteiger partial charge on any atom is -0.492 e. The van der Waals surface area contributed by atoms with Crippen LogP contribution in [0.5, 0.6) is 17.2 Å². The number of aromatic amines is 1. The van der Waals surface area contributed by atoms with E-state index in [1.165, 1.54) is 13.3 Å². The fourth-order valence-electron chi connectivity index (χ4n) is 4.98. The highest BCUT2D eigenvalue weighted by molar-refractivity contribution is 6.09. The zero-order valence-electron chi connectivity index (χ0n) is 20.7. The maximum Gasteiger partial charge on any atom is 0.255 e. The van der Waals surface area contributed by atoms with Crippen molar-refractivity contribution < 1.29 is 28.9 Å². The van der Waals surface area contributed by atoms with Gasteiger partial charge < -0.3 is 34.5 Å². The van der Waals surface area contributed by atoms with Crippen LogP contribution in [0.2, 0.25) is 0 Å². The molecule has 194 valence electrons. The van der Waals surface area contributed by atoms with Crippen molar-refractivity contribution in [1.82, 2.24) is 25.2 Å². The highest BCUT2D eigenvalue weighted by Gasteiger charge is 2.32. The number of hydrogen-bond donors (Lipinski definition) is 3. The average Bonchev–Trinajstić information content (AvgIpc) is 3.24. The second-order valence-corrected chi connectivity index (χ2v) is 9.92. The largest absolute Gasteiger partial charge is 0.492 e. The van der Waals surface area contributed by atoms with Crippen LogP contribution in [-0.2, 0) is 4.79 Å². The molecule has 2 fully saturated rings. The Morgan fingerprint density at radius 1 is 1.27 bits per heavy atom. The summed E-state index contributed by atoms with van der Waals surface area (Å²) in [6.07, 6.45) is 3.31. The minimum atomic E-state index is -1.06. The van der Waals surface area contributed by atoms with Gasteiger partial charge in [0.1, 0.15) is 29.4 Å². The van der Waals surface area contributed by atoms with Crippen molar-refractivity contribution in [3.63, 3.8) is 0 Å². The molecule has 0 spiro atoms. The summed E-state index contributed by atoms with van der Waals surface area (Å²) < 4.78 is 17.6. The van der Waals surface area contributed by atoms with Gasteiger partial charge in [-0.15, -0.1) is 0 Å². The van der Waals surface area contributed by atoms with Gasteiger partial charge in [-0.3, -0.25) is 9.59 Å². The number of likely N-dealkylation sites (tertiary alicyclic amines) is 1. The molecule has 1 aliphatic carbocycles. The standard InChI is InChI=1S/C26H29N5O6/c1-13-19(25(33)30-16-7-8-31(9-16)26(34)14(2)32)21-23(29-13)22(28-11-27-21)20-17(35-10-15-3-4-15)5-6-18-24(20)37-12-36-18/h5-6,11,14-16,29,32H,3-4,7-10,12H2,1-2H3,(H,30,33)/t14-,16+/m0/s1. The van der Waals surface area contributed by atoms with E-state index >= 15 is 0 Å². The molecule has 11 nitrogen and oxygen atoms in total. The molecule has 3 N–H and O–H groups in total. The fraction of sp³-hybridized carbons (Fsp3) is 0.462. The molecule has 0 bridgehead atoms. The van der Waals surface area contributed by atoms with E-state index in [1.807, 2.05) is 19.1 Å². The second-order valence-electron chi connectivity index (χ2n) is 9.92. The number of benzene rings is 1. The van der Waals surface area contributed by atoms with Crippen LogP contribution in [0, 0.1) is 12.8 Å². The number of hydrogen-bond acceptors (Lipinski definition) is 8. The van der Waals surface area contributed by atoms with Gasteiger partial charge in [0, 0.05) is 24.8 Å². The second kappa shape index (κ2) is 9.22. The topological polar surface area (TPSA) is 139 Å². The summed E-state index contributed by atoms with van der Waals surface area (Å²) in [6.45, 7) is 4.83. The Morgan fingerprint density at radius 3 is 2.89 bits per heavy atom. The number of aliphatic hydroxyl groups excluding tert-OH is 1. The molecule has 2 amide bonds. The number of carbonyl (C=O) groups is 2. The van der Waals surface area contributed by atoms with Gasteiger partial charge in [0.05, 0.1) is 23.3 Å². The zero-order valence-corrected chi connectivity index (χ0v) is 20.7. The third kappa shape index (κ3) is 4.33. The number of H-pyrrole nitrogens is 1. The number of aryl methyl sites for hydroxylation is 1. The van der Waals surface area contributed by atoms with Crippen LogP contribution in [0.25, 0.3) is 22.3 Å². The van der Waals surface area contributed by atoms with Gasteiger partial charge in [-0.05, 0) is 51.2 Å². The lowest BCUT2D eigenvalue weighted by Crippen LogP contribution is -2.41. The molecule has 0 radical (unpaired) electrons. The summed E-state index contributed by atoms with van der Waals surface area (Å²) in [7, 11) is 0. The van der Waals surface area contributed by atoms with E-state index in [1.54, 1.807) is 4.90 Å². The van der Waals surface area contributed by atoms with Gasteiger partial charge in [0.2, 0.25) is 6.79 Å². The summed E-state index contributed by atoms with van der Waals surface area (Å²) in [6, 6.07) is 3.48. The number of ether oxygens (including phenoxy) is 3. The predicted molar refractivity (Wildman–Crippen MR) is 133 cm³/mol. The van der Waals surface area contributed by atoms with Crippen molar-refractivity contribution in [1.29, 1.82) is 0 Å². The summed E-state index contributed by atoms with van der Waals surface area (Å²) in [4.78, 5) is 39.4. The number of nitrogens with zero attached hydrogens (tertiary/aromatic N) is 3. The third-order valence-electron chi connectivity index (χ3n) is 7.10. The van der Waals surface area contributed by atoms with Gasteiger partial charge in [-0.25, -0.2) is 9.97 Å². The van der Waals surface area contributed by atoms with E-state index in [0.29, 0.717) is 82.8 Å². The molecule has 2 atom stereocenters. The molecule has 2 aliphatic heterocycles. The molecule has 6 rings (SSSR count). The molecule has 0 unspecified atom stereocenters. The highest BCUT2D eigenvalue weighted by Crippen LogP contribution is 2.48. The van der Waals surface area contributed by atoms with E-state index in [9.17, 15) is 14.7 Å². The third-order valence-corrected chi connectivity index (χ3v) is 7.10. The van der Waals surface area contributed by atoms with Crippen molar-refractivity contribution >= 4 is 22.8 Å². The number of rotatable bonds is 7. The number of aromatic nitrogens is 3. The van der Waals surface area contributed by atoms with Crippen LogP contribution in [0.1, 0.15) is 42.2 Å². The van der Waals surface area contributed by atoms with Gasteiger partial charge in [-0.1, -0.05) is 0 Å². The van der Waals surface area contributed by atoms with Crippen molar-refractivity contribution in [2.75, 3.05) is 26.5 Å². The van der Waals surface area contributed by atoms with E-state index in [0.717, 1.165) is 12.8 Å². The first-order valence-electron chi connectivity index (χ1n) is 12.6. The van der Waals surface area contributed by atoms with E-state index in [-0.39, 0.29) is 24.6 Å². The maximum atomic E-state index is 13.4. The summed E-state index contributed by atoms with van der Waals surface area (Å²) in [5.74, 6) is 1.75. The van der Waals surface area contributed by atoms with Gasteiger partial charge in [0.15, 0.2) is 11.5 Å². The molecule has 3 aromatic rings. The van der Waals surface area contributed by atoms with Crippen LogP contribution in [0.3, 0.4) is 0 Å². The van der Waals surface area contributed by atoms with E-state index < -0.39 is 6.10 Å². The molecular formula is C26H29N5O6. The SMILES string of the molecule is Cc1[nH]c2c(-c3c(OCC4CC4)ccc4c3OCO4)ncnc2c1C(=O)N[C@@H]1CCN(C(=O)[C@H](C)O)C1. The lowest BCUT2D eigenvalue weighted by Gasteiger charge is -2.18. The minimum absolute atomic E-state index is 0.107. The Bertz CT molecular complexity index is 1380. The molecular weight excluding hydrogens is 478 g/mol. The van der Waals surface area contributed by atoms with Crippen LogP contribution >= 0.6 is 0 Å². The first kappa shape index (κ1) is 23.5. The Kier molecular flexibility index (Phi) is 5.86. The highest BCUT2D eigenvalue weighted by atomic mass is 16.7. The normalized spacial score (nSPS) is 19.3. The lowest BCUT2D eigenvalue weighted by molar-refractivity contribution is -0.138. The van der Waals surface area contributed by atoms with Crippen LogP contribution in [0.15, 0.2) is 18.5 Å². The molecule has 11 heteroatoms. The number of carbonyl (C=O) groups excluding carboxylic acids is 2. The smallest absolute Gasteiger partial charge is 0.255 e. The van der Waals surface area contributed by atoms with E-state index in [4.69, 9.17) is 14.2 Å². The first-order chi connectivity index (χ1) is 17.9. The van der Waals surface area contributed by atoms with E-state index in [2.05, 4.69) is 20.3 Å². The number of aliphatic hydroxyl groups is 1. The maximum absolute atomic E-state index is 13.4. The Morgan fingerprint density at radius 2 is 2.11 bits per heavy atom. The van der Waals surface area contributed by atoms with Gasteiger partial charge in [0.25, 0.3) is 11.8 Å². The summed E-state index contributed by atoms with van der Waals surface area (Å²) in [5, 5.41) is 12.6. The molecule has 1 saturated carbocycles. The number of amides is 2. The molecule has 3 aliphatic rings. The molecule has 1 aromatic carbocycles. The zero-order chi connectivity index (χ0) is 25.7. The van der Waals surface area contributed by atoms with Crippen LogP contribution < -0.4 is 19.5 Å². The fourth-order valence-corrected chi connectivity index (χ4v) is 4.98. The Labute approximate surface area is 213 Å². The summed E-state index contributed by atoms with van der Waals surface area (Å²) in [5.41, 5.74) is 3.38. The van der Waals surface area contributed by atoms with Crippen molar-refractivity contribution in [3.8, 4) is 28.5 Å². The molecule has 1 saturated heterocycles. The average molecular weight is 508 g/mol.